The zero-order valence-electron chi connectivity index (χ0n) is 9.52. The summed E-state index contributed by atoms with van der Waals surface area (Å²) in [5, 5.41) is 21.8. The van der Waals surface area contributed by atoms with Gasteiger partial charge in [0, 0.05) is 16.6 Å². The molecule has 0 aliphatic heterocycles. The van der Waals surface area contributed by atoms with Gasteiger partial charge < -0.3 is 10.4 Å². The smallest absolute Gasteiger partial charge is 0.120 e. The molecule has 0 fully saturated rings. The van der Waals surface area contributed by atoms with Crippen LogP contribution in [0.25, 0.3) is 0 Å². The molecule has 0 aromatic heterocycles. The lowest BCUT2D eigenvalue weighted by Crippen LogP contribution is -2.01. The topological polar surface area (TPSA) is 56.0 Å². The molecule has 0 bridgehead atoms. The number of aromatic hydroxyl groups is 1. The van der Waals surface area contributed by atoms with Gasteiger partial charge in [0.1, 0.15) is 11.8 Å². The van der Waals surface area contributed by atoms with Gasteiger partial charge in [-0.3, -0.25) is 0 Å². The van der Waals surface area contributed by atoms with E-state index in [4.69, 9.17) is 5.26 Å². The third-order valence-corrected chi connectivity index (χ3v) is 3.05. The van der Waals surface area contributed by atoms with Gasteiger partial charge in [-0.1, -0.05) is 28.1 Å². The number of halogens is 1. The van der Waals surface area contributed by atoms with E-state index in [1.165, 1.54) is 0 Å². The van der Waals surface area contributed by atoms with Gasteiger partial charge >= 0.3 is 0 Å². The Bertz CT molecular complexity index is 605. The summed E-state index contributed by atoms with van der Waals surface area (Å²) < 4.78 is 0.908. The van der Waals surface area contributed by atoms with Crippen molar-refractivity contribution in [2.45, 2.75) is 6.54 Å². The second kappa shape index (κ2) is 5.56. The number of benzene rings is 2. The number of phenolic OH excluding ortho intramolecular Hbond substituents is 1. The number of nitriles is 1. The summed E-state index contributed by atoms with van der Waals surface area (Å²) in [6.45, 7) is 0.462. The Hall–Kier alpha value is -1.99. The molecule has 2 aromatic carbocycles. The maximum absolute atomic E-state index is 9.71. The molecule has 0 saturated heterocycles. The first-order chi connectivity index (χ1) is 8.70. The molecular formula is C14H11BrN2O. The largest absolute Gasteiger partial charge is 0.508 e. The molecule has 0 aliphatic rings. The fourth-order valence-electron chi connectivity index (χ4n) is 1.62. The van der Waals surface area contributed by atoms with Crippen molar-refractivity contribution in [2.24, 2.45) is 0 Å². The van der Waals surface area contributed by atoms with E-state index in [9.17, 15) is 5.11 Å². The molecule has 18 heavy (non-hydrogen) atoms. The number of para-hydroxylation sites is 1. The van der Waals surface area contributed by atoms with Crippen LogP contribution in [0.15, 0.2) is 46.9 Å². The summed E-state index contributed by atoms with van der Waals surface area (Å²) in [4.78, 5) is 0. The van der Waals surface area contributed by atoms with E-state index in [2.05, 4.69) is 27.3 Å². The third kappa shape index (κ3) is 2.82. The maximum Gasteiger partial charge on any atom is 0.120 e. The van der Waals surface area contributed by atoms with Crippen molar-refractivity contribution >= 4 is 21.6 Å². The first kappa shape index (κ1) is 12.5. The van der Waals surface area contributed by atoms with Crippen molar-refractivity contribution in [3.63, 3.8) is 0 Å². The lowest BCUT2D eigenvalue weighted by atomic mass is 10.1. The molecule has 0 saturated carbocycles. The highest BCUT2D eigenvalue weighted by atomic mass is 79.9. The van der Waals surface area contributed by atoms with Crippen molar-refractivity contribution in [2.75, 3.05) is 5.32 Å². The third-order valence-electron chi connectivity index (χ3n) is 2.56. The zero-order valence-corrected chi connectivity index (χ0v) is 11.1. The minimum Gasteiger partial charge on any atom is -0.508 e. The zero-order chi connectivity index (χ0) is 13.0. The molecule has 0 amide bonds. The van der Waals surface area contributed by atoms with E-state index in [0.717, 1.165) is 15.7 Å². The second-order valence-electron chi connectivity index (χ2n) is 3.78. The average molecular weight is 303 g/mol. The minimum atomic E-state index is 0.236. The number of anilines is 1. The highest BCUT2D eigenvalue weighted by Crippen LogP contribution is 2.23. The standard InChI is InChI=1S/C14H11BrN2O/c15-12-5-6-14(18)11(7-12)9-17-13-4-2-1-3-10(13)8-16/h1-7,17-18H,9H2. The number of nitrogens with zero attached hydrogens (tertiary/aromatic N) is 1. The molecule has 2 rings (SSSR count). The molecule has 0 unspecified atom stereocenters. The molecule has 2 N–H and O–H groups in total. The lowest BCUT2D eigenvalue weighted by molar-refractivity contribution is 0.469. The summed E-state index contributed by atoms with van der Waals surface area (Å²) >= 11 is 3.36. The van der Waals surface area contributed by atoms with Crippen LogP contribution >= 0.6 is 15.9 Å². The van der Waals surface area contributed by atoms with Crippen molar-refractivity contribution in [3.05, 3.63) is 58.1 Å². The van der Waals surface area contributed by atoms with E-state index in [0.29, 0.717) is 12.1 Å². The number of hydrogen-bond acceptors (Lipinski definition) is 3. The molecule has 0 spiro atoms. The minimum absolute atomic E-state index is 0.236. The summed E-state index contributed by atoms with van der Waals surface area (Å²) in [5.41, 5.74) is 2.13. The monoisotopic (exact) mass is 302 g/mol. The molecule has 0 aliphatic carbocycles. The molecular weight excluding hydrogens is 292 g/mol. The van der Waals surface area contributed by atoms with Gasteiger partial charge in [-0.05, 0) is 30.3 Å². The molecule has 4 heteroatoms. The number of hydrogen-bond donors (Lipinski definition) is 2. The Balaban J connectivity index is 2.17. The molecule has 2 aromatic rings. The Morgan fingerprint density at radius 1 is 1.22 bits per heavy atom. The summed E-state index contributed by atoms with van der Waals surface area (Å²) in [6, 6.07) is 14.7. The van der Waals surface area contributed by atoms with Crippen LogP contribution in [-0.2, 0) is 6.54 Å². The van der Waals surface area contributed by atoms with Crippen LogP contribution in [0.5, 0.6) is 5.75 Å². The SMILES string of the molecule is N#Cc1ccccc1NCc1cc(Br)ccc1O. The normalized spacial score (nSPS) is 9.78. The molecule has 0 atom stereocenters. The van der Waals surface area contributed by atoms with E-state index < -0.39 is 0 Å². The van der Waals surface area contributed by atoms with Crippen LogP contribution in [0.4, 0.5) is 5.69 Å². The Labute approximate surface area is 114 Å². The number of nitrogens with one attached hydrogen (secondary N) is 1. The van der Waals surface area contributed by atoms with Crippen molar-refractivity contribution in [3.8, 4) is 11.8 Å². The van der Waals surface area contributed by atoms with Gasteiger partial charge in [0.25, 0.3) is 0 Å². The fourth-order valence-corrected chi connectivity index (χ4v) is 2.03. The van der Waals surface area contributed by atoms with Gasteiger partial charge in [0.2, 0.25) is 0 Å². The second-order valence-corrected chi connectivity index (χ2v) is 4.70. The Morgan fingerprint density at radius 2 is 2.00 bits per heavy atom. The maximum atomic E-state index is 9.71. The molecule has 0 heterocycles. The number of phenols is 1. The van der Waals surface area contributed by atoms with Gasteiger partial charge in [-0.2, -0.15) is 5.26 Å². The first-order valence-electron chi connectivity index (χ1n) is 5.41. The molecule has 0 radical (unpaired) electrons. The fraction of sp³-hybridized carbons (Fsp3) is 0.0714. The summed E-state index contributed by atoms with van der Waals surface area (Å²) in [7, 11) is 0. The van der Waals surface area contributed by atoms with E-state index in [1.54, 1.807) is 18.2 Å². The predicted octanol–water partition coefficient (Wildman–Crippen LogP) is 3.64. The highest BCUT2D eigenvalue weighted by molar-refractivity contribution is 9.10. The van der Waals surface area contributed by atoms with E-state index in [1.807, 2.05) is 24.3 Å². The van der Waals surface area contributed by atoms with Crippen LogP contribution in [0.1, 0.15) is 11.1 Å². The van der Waals surface area contributed by atoms with E-state index in [-0.39, 0.29) is 5.75 Å². The van der Waals surface area contributed by atoms with Crippen LogP contribution in [0.2, 0.25) is 0 Å². The average Bonchev–Trinajstić information content (AvgIpc) is 2.40. The van der Waals surface area contributed by atoms with Gasteiger partial charge in [0.15, 0.2) is 0 Å². The van der Waals surface area contributed by atoms with Gasteiger partial charge in [0.05, 0.1) is 11.3 Å². The van der Waals surface area contributed by atoms with Crippen LogP contribution < -0.4 is 5.32 Å². The van der Waals surface area contributed by atoms with Crippen LogP contribution in [0, 0.1) is 11.3 Å². The van der Waals surface area contributed by atoms with Crippen molar-refractivity contribution < 1.29 is 5.11 Å². The highest BCUT2D eigenvalue weighted by Gasteiger charge is 2.04. The predicted molar refractivity (Wildman–Crippen MR) is 74.3 cm³/mol. The number of rotatable bonds is 3. The van der Waals surface area contributed by atoms with E-state index >= 15 is 0 Å². The first-order valence-corrected chi connectivity index (χ1v) is 6.20. The van der Waals surface area contributed by atoms with Crippen molar-refractivity contribution in [1.29, 1.82) is 5.26 Å². The summed E-state index contributed by atoms with van der Waals surface area (Å²) in [5.74, 6) is 0.236. The van der Waals surface area contributed by atoms with Gasteiger partial charge in [-0.25, -0.2) is 0 Å². The lowest BCUT2D eigenvalue weighted by Gasteiger charge is -2.09. The molecule has 3 nitrogen and oxygen atoms in total. The van der Waals surface area contributed by atoms with Crippen LogP contribution in [0.3, 0.4) is 0 Å². The Morgan fingerprint density at radius 3 is 2.78 bits per heavy atom. The summed E-state index contributed by atoms with van der Waals surface area (Å²) in [6.07, 6.45) is 0. The quantitative estimate of drug-likeness (QED) is 0.910. The Kier molecular flexibility index (Phi) is 3.85. The van der Waals surface area contributed by atoms with Crippen molar-refractivity contribution in [1.82, 2.24) is 0 Å². The van der Waals surface area contributed by atoms with Gasteiger partial charge in [-0.15, -0.1) is 0 Å². The van der Waals surface area contributed by atoms with Crippen LogP contribution in [-0.4, -0.2) is 5.11 Å². The molecule has 90 valence electrons.